The van der Waals surface area contributed by atoms with Gasteiger partial charge in [0.2, 0.25) is 11.8 Å². The van der Waals surface area contributed by atoms with E-state index in [0.717, 1.165) is 19.5 Å². The second kappa shape index (κ2) is 6.20. The Morgan fingerprint density at radius 3 is 2.80 bits per heavy atom. The van der Waals surface area contributed by atoms with Gasteiger partial charge in [-0.15, -0.1) is 14.5 Å². The molecular formula is C13H19N5O6S. The van der Waals surface area contributed by atoms with Crippen molar-refractivity contribution in [2.24, 2.45) is 5.92 Å². The van der Waals surface area contributed by atoms with Crippen LogP contribution in [0.3, 0.4) is 0 Å². The smallest absolute Gasteiger partial charge is 0.418 e. The fraction of sp³-hybridized carbons (Fsp3) is 0.769. The zero-order valence-corrected chi connectivity index (χ0v) is 14.2. The third kappa shape index (κ3) is 3.34. The first-order chi connectivity index (χ1) is 11.9. The number of amides is 2. The summed E-state index contributed by atoms with van der Waals surface area (Å²) in [6, 6.07) is -1.48. The number of hydrogen-bond acceptors (Lipinski definition) is 8. The van der Waals surface area contributed by atoms with Gasteiger partial charge < -0.3 is 14.6 Å². The van der Waals surface area contributed by atoms with Crippen LogP contribution in [-0.4, -0.2) is 64.8 Å². The average molecular weight is 373 g/mol. The number of rotatable bonds is 6. The van der Waals surface area contributed by atoms with E-state index in [0.29, 0.717) is 42.0 Å². The maximum Gasteiger partial charge on any atom is 0.418 e. The van der Waals surface area contributed by atoms with E-state index in [9.17, 15) is 13.2 Å². The average Bonchev–Trinajstić information content (AvgIpc) is 3.05. The van der Waals surface area contributed by atoms with Crippen LogP contribution in [0, 0.1) is 5.92 Å². The largest absolute Gasteiger partial charge is 0.423 e. The summed E-state index contributed by atoms with van der Waals surface area (Å²) in [4.78, 5) is 13.8. The summed E-state index contributed by atoms with van der Waals surface area (Å²) in [5.41, 5.74) is 0. The van der Waals surface area contributed by atoms with E-state index in [2.05, 4.69) is 19.8 Å². The fourth-order valence-electron chi connectivity index (χ4n) is 3.47. The second-order valence-corrected chi connectivity index (χ2v) is 7.61. The number of hydroxylamine groups is 2. The Labute approximate surface area is 144 Å². The van der Waals surface area contributed by atoms with Crippen molar-refractivity contribution in [2.75, 3.05) is 19.6 Å². The van der Waals surface area contributed by atoms with Crippen LogP contribution in [0.1, 0.15) is 37.1 Å². The number of nitrogens with zero attached hydrogens (tertiary/aromatic N) is 4. The van der Waals surface area contributed by atoms with Gasteiger partial charge in [-0.25, -0.2) is 4.79 Å². The minimum Gasteiger partial charge on any atom is -0.423 e. The number of carbonyl (C=O) groups excluding carboxylic acids is 1. The molecule has 2 atom stereocenters. The minimum atomic E-state index is -4.75. The van der Waals surface area contributed by atoms with Crippen molar-refractivity contribution in [2.45, 2.75) is 37.8 Å². The lowest BCUT2D eigenvalue weighted by Crippen LogP contribution is -2.42. The Morgan fingerprint density at radius 2 is 2.12 bits per heavy atom. The molecule has 2 N–H and O–H groups in total. The highest BCUT2D eigenvalue weighted by Crippen LogP contribution is 2.38. The number of aromatic nitrogens is 2. The van der Waals surface area contributed by atoms with Crippen LogP contribution < -0.4 is 5.32 Å². The molecule has 3 fully saturated rings. The highest BCUT2D eigenvalue weighted by atomic mass is 32.3. The molecule has 4 rings (SSSR count). The number of aryl methyl sites for hydroxylation is 1. The summed E-state index contributed by atoms with van der Waals surface area (Å²) >= 11 is 0. The number of carbonyl (C=O) groups is 1. The lowest BCUT2D eigenvalue weighted by molar-refractivity contribution is -0.0317. The van der Waals surface area contributed by atoms with E-state index in [1.165, 1.54) is 4.90 Å². The van der Waals surface area contributed by atoms with Gasteiger partial charge in [-0.1, -0.05) is 0 Å². The Kier molecular flexibility index (Phi) is 4.14. The van der Waals surface area contributed by atoms with Crippen LogP contribution in [0.15, 0.2) is 4.42 Å². The molecule has 0 spiro atoms. The fourth-order valence-corrected chi connectivity index (χ4v) is 3.86. The standard InChI is InChI=1S/C13H19N5O6S/c19-13-17-7-9(18(13)24-25(20,21)22)2-3-10(17)12-16-15-11(23-12)4-1-8-5-14-6-8/h8-10,14H,1-7H2,(H,20,21,22)/t9-,10-/m0/s1. The van der Waals surface area contributed by atoms with Gasteiger partial charge in [-0.3, -0.25) is 4.55 Å². The summed E-state index contributed by atoms with van der Waals surface area (Å²) in [5, 5.41) is 12.0. The molecule has 25 heavy (non-hydrogen) atoms. The molecule has 3 aliphatic rings. The van der Waals surface area contributed by atoms with Gasteiger partial charge in [-0.05, 0) is 38.3 Å². The Morgan fingerprint density at radius 1 is 1.32 bits per heavy atom. The molecule has 138 valence electrons. The Bertz CT molecular complexity index is 763. The topological polar surface area (TPSA) is 138 Å². The molecule has 0 aliphatic carbocycles. The van der Waals surface area contributed by atoms with Crippen molar-refractivity contribution >= 4 is 16.4 Å². The van der Waals surface area contributed by atoms with Crippen molar-refractivity contribution in [3.8, 4) is 0 Å². The van der Waals surface area contributed by atoms with Crippen LogP contribution in [0.25, 0.3) is 0 Å². The molecule has 0 unspecified atom stereocenters. The molecular weight excluding hydrogens is 354 g/mol. The first-order valence-electron chi connectivity index (χ1n) is 8.20. The summed E-state index contributed by atoms with van der Waals surface area (Å²) in [5.74, 6) is 1.53. The number of fused-ring (bicyclic) bond motifs is 2. The molecule has 2 bridgehead atoms. The van der Waals surface area contributed by atoms with Gasteiger partial charge in [0.15, 0.2) is 0 Å². The van der Waals surface area contributed by atoms with E-state index in [4.69, 9.17) is 8.97 Å². The minimum absolute atomic E-state index is 0.282. The van der Waals surface area contributed by atoms with Crippen molar-refractivity contribution in [3.05, 3.63) is 11.8 Å². The highest BCUT2D eigenvalue weighted by molar-refractivity contribution is 7.80. The van der Waals surface area contributed by atoms with Gasteiger partial charge >= 0.3 is 16.4 Å². The lowest BCUT2D eigenvalue weighted by atomic mass is 9.98. The molecule has 0 radical (unpaired) electrons. The quantitative estimate of drug-likeness (QED) is 0.654. The second-order valence-electron chi connectivity index (χ2n) is 6.61. The number of hydrogen-bond donors (Lipinski definition) is 2. The van der Waals surface area contributed by atoms with E-state index in [1.54, 1.807) is 0 Å². The first-order valence-corrected chi connectivity index (χ1v) is 9.57. The molecule has 1 aromatic heterocycles. The van der Waals surface area contributed by atoms with Crippen LogP contribution in [-0.2, 0) is 21.1 Å². The van der Waals surface area contributed by atoms with Crippen LogP contribution >= 0.6 is 0 Å². The predicted octanol–water partition coefficient (Wildman–Crippen LogP) is -0.103. The van der Waals surface area contributed by atoms with Crippen molar-refractivity contribution in [1.29, 1.82) is 0 Å². The van der Waals surface area contributed by atoms with Crippen LogP contribution in [0.4, 0.5) is 4.79 Å². The summed E-state index contributed by atoms with van der Waals surface area (Å²) in [7, 11) is -4.75. The molecule has 11 nitrogen and oxygen atoms in total. The molecule has 4 heterocycles. The van der Waals surface area contributed by atoms with Crippen molar-refractivity contribution in [3.63, 3.8) is 0 Å². The third-order valence-electron chi connectivity index (χ3n) is 4.90. The maximum atomic E-state index is 12.4. The van der Waals surface area contributed by atoms with E-state index >= 15 is 0 Å². The van der Waals surface area contributed by atoms with E-state index in [-0.39, 0.29) is 6.54 Å². The number of urea groups is 1. The third-order valence-corrected chi connectivity index (χ3v) is 5.25. The summed E-state index contributed by atoms with van der Waals surface area (Å²) in [6.07, 6.45) is 2.73. The highest BCUT2D eigenvalue weighted by Gasteiger charge is 2.49. The van der Waals surface area contributed by atoms with Crippen LogP contribution in [0.5, 0.6) is 0 Å². The van der Waals surface area contributed by atoms with Gasteiger partial charge in [0.1, 0.15) is 6.04 Å². The molecule has 0 aromatic carbocycles. The summed E-state index contributed by atoms with van der Waals surface area (Å²) in [6.45, 7) is 2.30. The SMILES string of the molecule is O=C1N2C[C@H](CC[C@H]2c2nnc(CCC3CNC3)o2)N1OS(=O)(=O)O. The molecule has 0 saturated carbocycles. The zero-order chi connectivity index (χ0) is 17.6. The van der Waals surface area contributed by atoms with Crippen molar-refractivity contribution in [1.82, 2.24) is 25.5 Å². The first kappa shape index (κ1) is 16.7. The Hall–Kier alpha value is -1.76. The van der Waals surface area contributed by atoms with Crippen LogP contribution in [0.2, 0.25) is 0 Å². The summed E-state index contributed by atoms with van der Waals surface area (Å²) < 4.78 is 40.7. The van der Waals surface area contributed by atoms with Gasteiger partial charge in [0.25, 0.3) is 0 Å². The molecule has 2 amide bonds. The maximum absolute atomic E-state index is 12.4. The van der Waals surface area contributed by atoms with E-state index < -0.39 is 28.5 Å². The number of nitrogens with one attached hydrogen (secondary N) is 1. The molecule has 12 heteroatoms. The van der Waals surface area contributed by atoms with Crippen molar-refractivity contribution < 1.29 is 26.5 Å². The monoisotopic (exact) mass is 373 g/mol. The molecule has 3 aliphatic heterocycles. The van der Waals surface area contributed by atoms with Gasteiger partial charge in [0, 0.05) is 13.0 Å². The zero-order valence-electron chi connectivity index (χ0n) is 13.4. The van der Waals surface area contributed by atoms with Gasteiger partial charge in [-0.2, -0.15) is 13.5 Å². The number of piperidine rings is 1. The Balaban J connectivity index is 1.43. The molecule has 1 aromatic rings. The van der Waals surface area contributed by atoms with E-state index in [1.807, 2.05) is 0 Å². The predicted molar refractivity (Wildman–Crippen MR) is 81.3 cm³/mol. The lowest BCUT2D eigenvalue weighted by Gasteiger charge is -2.27. The molecule has 3 saturated heterocycles. The normalized spacial score (nSPS) is 27.0. The van der Waals surface area contributed by atoms with Gasteiger partial charge in [0.05, 0.1) is 6.04 Å².